The van der Waals surface area contributed by atoms with Crippen molar-refractivity contribution in [2.45, 2.75) is 26.2 Å². The van der Waals surface area contributed by atoms with Crippen LogP contribution in [0.25, 0.3) is 0 Å². The van der Waals surface area contributed by atoms with Gasteiger partial charge in [-0.1, -0.05) is 0 Å². The molecule has 2 rings (SSSR count). The summed E-state index contributed by atoms with van der Waals surface area (Å²) >= 11 is 0. The second kappa shape index (κ2) is 8.73. The number of hydrogen-bond donors (Lipinski definition) is 0. The van der Waals surface area contributed by atoms with Crippen LogP contribution in [0.3, 0.4) is 0 Å². The SMILES string of the molecule is CCOC(=O)C1CCN(CCCOc2ccc(F)cc2)CC1. The van der Waals surface area contributed by atoms with Gasteiger partial charge in [0.15, 0.2) is 0 Å². The molecule has 22 heavy (non-hydrogen) atoms. The Morgan fingerprint density at radius 3 is 2.59 bits per heavy atom. The fourth-order valence-electron chi connectivity index (χ4n) is 2.66. The maximum Gasteiger partial charge on any atom is 0.309 e. The number of nitrogens with zero attached hydrogens (tertiary/aromatic N) is 1. The van der Waals surface area contributed by atoms with Crippen molar-refractivity contribution in [3.63, 3.8) is 0 Å². The van der Waals surface area contributed by atoms with Crippen LogP contribution in [-0.4, -0.2) is 43.7 Å². The summed E-state index contributed by atoms with van der Waals surface area (Å²) in [5, 5.41) is 0. The molecule has 1 saturated heterocycles. The highest BCUT2D eigenvalue weighted by atomic mass is 19.1. The Bertz CT molecular complexity index is 455. The van der Waals surface area contributed by atoms with E-state index in [2.05, 4.69) is 4.90 Å². The van der Waals surface area contributed by atoms with Gasteiger partial charge in [0.1, 0.15) is 11.6 Å². The third kappa shape index (κ3) is 5.30. The van der Waals surface area contributed by atoms with Gasteiger partial charge in [-0.05, 0) is 63.5 Å². The fraction of sp³-hybridized carbons (Fsp3) is 0.588. The number of benzene rings is 1. The number of ether oxygens (including phenoxy) is 2. The summed E-state index contributed by atoms with van der Waals surface area (Å²) in [6.07, 6.45) is 2.66. The molecule has 1 heterocycles. The van der Waals surface area contributed by atoms with E-state index in [-0.39, 0.29) is 17.7 Å². The molecule has 0 radical (unpaired) electrons. The summed E-state index contributed by atoms with van der Waals surface area (Å²) in [5.41, 5.74) is 0. The number of hydrogen-bond acceptors (Lipinski definition) is 4. The number of esters is 1. The largest absolute Gasteiger partial charge is 0.494 e. The van der Waals surface area contributed by atoms with Gasteiger partial charge in [0.05, 0.1) is 19.1 Å². The second-order valence-corrected chi connectivity index (χ2v) is 5.52. The third-order valence-corrected chi connectivity index (χ3v) is 3.91. The van der Waals surface area contributed by atoms with Crippen LogP contribution < -0.4 is 4.74 Å². The Labute approximate surface area is 131 Å². The lowest BCUT2D eigenvalue weighted by Crippen LogP contribution is -2.37. The van der Waals surface area contributed by atoms with Crippen molar-refractivity contribution in [3.05, 3.63) is 30.1 Å². The Kier molecular flexibility index (Phi) is 6.65. The van der Waals surface area contributed by atoms with E-state index in [0.717, 1.165) is 38.9 Å². The predicted molar refractivity (Wildman–Crippen MR) is 82.3 cm³/mol. The number of carbonyl (C=O) groups is 1. The zero-order valence-electron chi connectivity index (χ0n) is 13.1. The molecule has 0 unspecified atom stereocenters. The van der Waals surface area contributed by atoms with Crippen LogP contribution in [0.2, 0.25) is 0 Å². The first kappa shape index (κ1) is 16.7. The molecule has 1 aromatic carbocycles. The van der Waals surface area contributed by atoms with Crippen LogP contribution in [0, 0.1) is 11.7 Å². The molecule has 4 nitrogen and oxygen atoms in total. The molecule has 1 aromatic rings. The van der Waals surface area contributed by atoms with Gasteiger partial charge in [-0.25, -0.2) is 4.39 Å². The molecular weight excluding hydrogens is 285 g/mol. The van der Waals surface area contributed by atoms with Gasteiger partial charge in [-0.2, -0.15) is 0 Å². The highest BCUT2D eigenvalue weighted by Gasteiger charge is 2.25. The molecule has 0 amide bonds. The lowest BCUT2D eigenvalue weighted by molar-refractivity contribution is -0.149. The third-order valence-electron chi connectivity index (χ3n) is 3.91. The highest BCUT2D eigenvalue weighted by Crippen LogP contribution is 2.19. The normalized spacial score (nSPS) is 16.5. The van der Waals surface area contributed by atoms with Gasteiger partial charge in [-0.3, -0.25) is 4.79 Å². The van der Waals surface area contributed by atoms with E-state index >= 15 is 0 Å². The topological polar surface area (TPSA) is 38.8 Å². The monoisotopic (exact) mass is 309 g/mol. The Hall–Kier alpha value is -1.62. The van der Waals surface area contributed by atoms with Crippen LogP contribution in [-0.2, 0) is 9.53 Å². The molecule has 0 bridgehead atoms. The van der Waals surface area contributed by atoms with Crippen molar-refractivity contribution in [1.29, 1.82) is 0 Å². The first-order chi connectivity index (χ1) is 10.7. The van der Waals surface area contributed by atoms with Gasteiger partial charge >= 0.3 is 5.97 Å². The molecule has 1 aliphatic rings. The zero-order valence-corrected chi connectivity index (χ0v) is 13.1. The van der Waals surface area contributed by atoms with Crippen LogP contribution >= 0.6 is 0 Å². The molecule has 0 saturated carbocycles. The summed E-state index contributed by atoms with van der Waals surface area (Å²) in [5.74, 6) is 0.452. The first-order valence-electron chi connectivity index (χ1n) is 7.96. The second-order valence-electron chi connectivity index (χ2n) is 5.52. The minimum Gasteiger partial charge on any atom is -0.494 e. The minimum atomic E-state index is -0.253. The Balaban J connectivity index is 1.59. The average molecular weight is 309 g/mol. The van der Waals surface area contributed by atoms with Gasteiger partial charge in [-0.15, -0.1) is 0 Å². The molecule has 0 aromatic heterocycles. The van der Waals surface area contributed by atoms with Crippen molar-refractivity contribution < 1.29 is 18.7 Å². The van der Waals surface area contributed by atoms with E-state index in [1.54, 1.807) is 12.1 Å². The fourth-order valence-corrected chi connectivity index (χ4v) is 2.66. The first-order valence-corrected chi connectivity index (χ1v) is 7.96. The van der Waals surface area contributed by atoms with Crippen LogP contribution in [0.1, 0.15) is 26.2 Å². The van der Waals surface area contributed by atoms with E-state index in [1.807, 2.05) is 6.92 Å². The number of carbonyl (C=O) groups excluding carboxylic acids is 1. The maximum atomic E-state index is 12.8. The van der Waals surface area contributed by atoms with E-state index in [0.29, 0.717) is 19.0 Å². The molecule has 0 atom stereocenters. The summed E-state index contributed by atoms with van der Waals surface area (Å²) in [7, 11) is 0. The van der Waals surface area contributed by atoms with E-state index < -0.39 is 0 Å². The molecule has 122 valence electrons. The summed E-state index contributed by atoms with van der Waals surface area (Å²) < 4.78 is 23.4. The van der Waals surface area contributed by atoms with E-state index in [1.165, 1.54) is 12.1 Å². The van der Waals surface area contributed by atoms with Crippen LogP contribution in [0.4, 0.5) is 4.39 Å². The van der Waals surface area contributed by atoms with Crippen molar-refractivity contribution in [1.82, 2.24) is 4.90 Å². The number of rotatable bonds is 7. The van der Waals surface area contributed by atoms with Gasteiger partial charge < -0.3 is 14.4 Å². The van der Waals surface area contributed by atoms with E-state index in [4.69, 9.17) is 9.47 Å². The summed E-state index contributed by atoms with van der Waals surface area (Å²) in [6.45, 7) is 5.73. The maximum absolute atomic E-state index is 12.8. The van der Waals surface area contributed by atoms with E-state index in [9.17, 15) is 9.18 Å². The lowest BCUT2D eigenvalue weighted by atomic mass is 9.97. The summed E-state index contributed by atoms with van der Waals surface area (Å²) in [6, 6.07) is 6.07. The quantitative estimate of drug-likeness (QED) is 0.573. The molecule has 0 aliphatic carbocycles. The standard InChI is InChI=1S/C17H24FNO3/c1-2-21-17(20)14-8-11-19(12-9-14)10-3-13-22-16-6-4-15(18)5-7-16/h4-7,14H,2-3,8-13H2,1H3. The minimum absolute atomic E-state index is 0.0539. The lowest BCUT2D eigenvalue weighted by Gasteiger charge is -2.30. The van der Waals surface area contributed by atoms with Crippen LogP contribution in [0.5, 0.6) is 5.75 Å². The van der Waals surface area contributed by atoms with Gasteiger partial charge in [0, 0.05) is 6.54 Å². The smallest absolute Gasteiger partial charge is 0.309 e. The van der Waals surface area contributed by atoms with Crippen molar-refractivity contribution in [2.24, 2.45) is 5.92 Å². The highest BCUT2D eigenvalue weighted by molar-refractivity contribution is 5.72. The number of halogens is 1. The average Bonchev–Trinajstić information content (AvgIpc) is 2.54. The molecule has 1 fully saturated rings. The Morgan fingerprint density at radius 1 is 1.27 bits per heavy atom. The zero-order chi connectivity index (χ0) is 15.8. The van der Waals surface area contributed by atoms with Crippen LogP contribution in [0.15, 0.2) is 24.3 Å². The van der Waals surface area contributed by atoms with Crippen molar-refractivity contribution >= 4 is 5.97 Å². The number of likely N-dealkylation sites (tertiary alicyclic amines) is 1. The number of piperidine rings is 1. The molecule has 0 N–H and O–H groups in total. The molecule has 1 aliphatic heterocycles. The van der Waals surface area contributed by atoms with Crippen molar-refractivity contribution in [2.75, 3.05) is 32.8 Å². The molecule has 0 spiro atoms. The van der Waals surface area contributed by atoms with Crippen molar-refractivity contribution in [3.8, 4) is 5.75 Å². The summed E-state index contributed by atoms with van der Waals surface area (Å²) in [4.78, 5) is 14.0. The van der Waals surface area contributed by atoms with Gasteiger partial charge in [0.2, 0.25) is 0 Å². The predicted octanol–water partition coefficient (Wildman–Crippen LogP) is 2.87. The molecule has 5 heteroatoms. The molecular formula is C17H24FNO3. The van der Waals surface area contributed by atoms with Gasteiger partial charge in [0.25, 0.3) is 0 Å². The Morgan fingerprint density at radius 2 is 1.95 bits per heavy atom.